The molecule has 0 aliphatic heterocycles. The molecule has 0 radical (unpaired) electrons. The number of benzene rings is 1. The number of carbonyl (C=O) groups is 1. The van der Waals surface area contributed by atoms with Crippen LogP contribution in [0.5, 0.6) is 0 Å². The summed E-state index contributed by atoms with van der Waals surface area (Å²) in [7, 11) is -2.96. The highest BCUT2D eigenvalue weighted by molar-refractivity contribution is 7.86. The molecule has 1 saturated carbocycles. The van der Waals surface area contributed by atoms with Crippen molar-refractivity contribution in [1.29, 1.82) is 0 Å². The Morgan fingerprint density at radius 1 is 1.22 bits per heavy atom. The molecule has 0 aromatic heterocycles. The van der Waals surface area contributed by atoms with Crippen molar-refractivity contribution in [2.24, 2.45) is 0 Å². The molecule has 1 aliphatic carbocycles. The Morgan fingerprint density at radius 3 is 2.35 bits per heavy atom. The molecule has 2 rings (SSSR count). The second kappa shape index (κ2) is 7.88. The van der Waals surface area contributed by atoms with Crippen molar-refractivity contribution in [2.75, 3.05) is 7.11 Å². The molecule has 1 N–H and O–H groups in total. The lowest BCUT2D eigenvalue weighted by Gasteiger charge is -2.28. The van der Waals surface area contributed by atoms with Gasteiger partial charge in [-0.25, -0.2) is 0 Å². The van der Waals surface area contributed by atoms with Gasteiger partial charge in [-0.3, -0.25) is 4.79 Å². The minimum atomic E-state index is -4.67. The third-order valence-electron chi connectivity index (χ3n) is 4.22. The van der Waals surface area contributed by atoms with E-state index >= 15 is 0 Å². The molecule has 0 bridgehead atoms. The number of aryl methyl sites for hydroxylation is 1. The second-order valence-electron chi connectivity index (χ2n) is 5.86. The van der Waals surface area contributed by atoms with Crippen LogP contribution in [0.25, 0.3) is 0 Å². The molecule has 0 atom stereocenters. The summed E-state index contributed by atoms with van der Waals surface area (Å²) < 4.78 is 39.6. The molecule has 1 aliphatic rings. The molecule has 0 spiro atoms. The fraction of sp³-hybridized carbons (Fsp3) is 0.562. The maximum absolute atomic E-state index is 12.8. The van der Waals surface area contributed by atoms with E-state index in [9.17, 15) is 17.1 Å². The Balaban J connectivity index is 1.76. The van der Waals surface area contributed by atoms with Gasteiger partial charge in [0.05, 0.1) is 11.0 Å². The van der Waals surface area contributed by atoms with Gasteiger partial charge in [0.25, 0.3) is 0 Å². The van der Waals surface area contributed by atoms with Gasteiger partial charge < -0.3 is 10.1 Å². The molecule has 0 heterocycles. The molecule has 1 aromatic rings. The smallest absolute Gasteiger partial charge is 0.332 e. The molecular weight excluding hydrogens is 321 g/mol. The van der Waals surface area contributed by atoms with E-state index in [2.05, 4.69) is 5.32 Å². The van der Waals surface area contributed by atoms with Crippen LogP contribution in [0.1, 0.15) is 37.7 Å². The number of halogens is 1. The molecule has 0 unspecified atom stereocenters. The normalized spacial score (nSPS) is 21.8. The lowest BCUT2D eigenvalue weighted by atomic mass is 9.93. The second-order valence-corrected chi connectivity index (χ2v) is 7.21. The zero-order valence-corrected chi connectivity index (χ0v) is 13.9. The van der Waals surface area contributed by atoms with E-state index in [0.29, 0.717) is 18.9 Å². The van der Waals surface area contributed by atoms with Gasteiger partial charge in [0.1, 0.15) is 0 Å². The number of nitrogens with one attached hydrogen (secondary N) is 1. The minimum Gasteiger partial charge on any atom is -0.381 e. The van der Waals surface area contributed by atoms with Crippen LogP contribution < -0.4 is 5.32 Å². The lowest BCUT2D eigenvalue weighted by molar-refractivity contribution is -0.122. The molecule has 23 heavy (non-hydrogen) atoms. The number of ether oxygens (including phenoxy) is 1. The summed E-state index contributed by atoms with van der Waals surface area (Å²) in [6.45, 7) is 0. The molecule has 128 valence electrons. The van der Waals surface area contributed by atoms with Crippen LogP contribution in [-0.2, 0) is 26.2 Å². The third-order valence-corrected chi connectivity index (χ3v) is 5.05. The van der Waals surface area contributed by atoms with Crippen LogP contribution in [0, 0.1) is 0 Å². The van der Waals surface area contributed by atoms with Crippen molar-refractivity contribution >= 4 is 16.1 Å². The van der Waals surface area contributed by atoms with E-state index in [1.54, 1.807) is 7.11 Å². The lowest BCUT2D eigenvalue weighted by Crippen LogP contribution is -2.39. The van der Waals surface area contributed by atoms with Gasteiger partial charge in [-0.15, -0.1) is 3.89 Å². The van der Waals surface area contributed by atoms with E-state index in [4.69, 9.17) is 4.74 Å². The van der Waals surface area contributed by atoms with Gasteiger partial charge in [0.15, 0.2) is 0 Å². The average Bonchev–Trinajstić information content (AvgIpc) is 2.53. The first-order valence-electron chi connectivity index (χ1n) is 7.74. The summed E-state index contributed by atoms with van der Waals surface area (Å²) in [6, 6.07) is 5.70. The van der Waals surface area contributed by atoms with Crippen LogP contribution in [0.15, 0.2) is 29.2 Å². The molecule has 7 heteroatoms. The van der Waals surface area contributed by atoms with Crippen molar-refractivity contribution < 1.29 is 21.8 Å². The number of methoxy groups -OCH3 is 1. The summed E-state index contributed by atoms with van der Waals surface area (Å²) in [4.78, 5) is 11.6. The Hall–Kier alpha value is -1.47. The fourth-order valence-corrected chi connectivity index (χ4v) is 3.28. The summed E-state index contributed by atoms with van der Waals surface area (Å²) >= 11 is 0. The Kier molecular flexibility index (Phi) is 6.12. The molecule has 5 nitrogen and oxygen atoms in total. The first kappa shape index (κ1) is 17.9. The summed E-state index contributed by atoms with van der Waals surface area (Å²) in [5.74, 6) is -0.0203. The summed E-state index contributed by atoms with van der Waals surface area (Å²) in [6.07, 6.45) is 4.88. The fourth-order valence-electron chi connectivity index (χ4n) is 2.82. The highest BCUT2D eigenvalue weighted by Gasteiger charge is 2.21. The molecule has 1 amide bonds. The van der Waals surface area contributed by atoms with E-state index in [0.717, 1.165) is 31.2 Å². The van der Waals surface area contributed by atoms with E-state index < -0.39 is 10.2 Å². The van der Waals surface area contributed by atoms with Gasteiger partial charge >= 0.3 is 10.2 Å². The summed E-state index contributed by atoms with van der Waals surface area (Å²) in [5.41, 5.74) is 0.802. The molecule has 0 saturated heterocycles. The van der Waals surface area contributed by atoms with Crippen molar-refractivity contribution in [1.82, 2.24) is 5.32 Å². The molecule has 1 aromatic carbocycles. The maximum atomic E-state index is 12.8. The monoisotopic (exact) mass is 343 g/mol. The SMILES string of the molecule is COC1CCC(NC(=O)CCc2ccc(S(=O)(=O)F)cc2)CC1. The van der Waals surface area contributed by atoms with Gasteiger partial charge in [-0.1, -0.05) is 12.1 Å². The van der Waals surface area contributed by atoms with Gasteiger partial charge in [0.2, 0.25) is 5.91 Å². The Labute approximate surface area is 136 Å². The van der Waals surface area contributed by atoms with E-state index in [-0.39, 0.29) is 16.8 Å². The van der Waals surface area contributed by atoms with Crippen molar-refractivity contribution in [3.63, 3.8) is 0 Å². The predicted octanol–water partition coefficient (Wildman–Crippen LogP) is 2.35. The highest BCUT2D eigenvalue weighted by Crippen LogP contribution is 2.20. The Bertz CT molecular complexity index is 622. The minimum absolute atomic E-state index is 0.0203. The van der Waals surface area contributed by atoms with Crippen molar-refractivity contribution in [3.8, 4) is 0 Å². The zero-order chi connectivity index (χ0) is 16.9. The van der Waals surface area contributed by atoms with Crippen molar-refractivity contribution in [3.05, 3.63) is 29.8 Å². The topological polar surface area (TPSA) is 72.5 Å². The number of hydrogen-bond acceptors (Lipinski definition) is 4. The average molecular weight is 343 g/mol. The van der Waals surface area contributed by atoms with Crippen LogP contribution in [-0.4, -0.2) is 33.6 Å². The largest absolute Gasteiger partial charge is 0.381 e. The van der Waals surface area contributed by atoms with Crippen molar-refractivity contribution in [2.45, 2.75) is 55.6 Å². The highest BCUT2D eigenvalue weighted by atomic mass is 32.3. The van der Waals surface area contributed by atoms with E-state index in [1.165, 1.54) is 24.3 Å². The first-order chi connectivity index (χ1) is 10.9. The number of carbonyl (C=O) groups excluding carboxylic acids is 1. The van der Waals surface area contributed by atoms with Gasteiger partial charge in [0, 0.05) is 19.6 Å². The van der Waals surface area contributed by atoms with Crippen LogP contribution >= 0.6 is 0 Å². The maximum Gasteiger partial charge on any atom is 0.332 e. The summed E-state index contributed by atoms with van der Waals surface area (Å²) in [5, 5.41) is 3.02. The van der Waals surface area contributed by atoms with Crippen LogP contribution in [0.2, 0.25) is 0 Å². The van der Waals surface area contributed by atoms with Gasteiger partial charge in [-0.05, 0) is 49.8 Å². The van der Waals surface area contributed by atoms with Crippen LogP contribution in [0.4, 0.5) is 3.89 Å². The standard InChI is InChI=1S/C16H22FNO4S/c1-22-14-7-5-13(6-8-14)18-16(19)11-4-12-2-9-15(10-3-12)23(17,20)21/h2-3,9-10,13-14H,4-8,11H2,1H3,(H,18,19). The quantitative estimate of drug-likeness (QED) is 0.805. The third kappa shape index (κ3) is 5.58. The van der Waals surface area contributed by atoms with Crippen LogP contribution in [0.3, 0.4) is 0 Å². The molecule has 1 fully saturated rings. The van der Waals surface area contributed by atoms with E-state index in [1.807, 2.05) is 0 Å². The number of hydrogen-bond donors (Lipinski definition) is 1. The number of amides is 1. The first-order valence-corrected chi connectivity index (χ1v) is 9.12. The number of rotatable bonds is 6. The predicted molar refractivity (Wildman–Crippen MR) is 84.3 cm³/mol. The molecular formula is C16H22FNO4S. The van der Waals surface area contributed by atoms with Gasteiger partial charge in [-0.2, -0.15) is 8.42 Å². The Morgan fingerprint density at radius 2 is 1.83 bits per heavy atom. The zero-order valence-electron chi connectivity index (χ0n) is 13.1.